The molecule has 0 amide bonds. The van der Waals surface area contributed by atoms with Crippen molar-refractivity contribution in [3.8, 4) is 62.1 Å². The molecule has 0 aliphatic rings. The van der Waals surface area contributed by atoms with Gasteiger partial charge in [-0.3, -0.25) is 4.98 Å². The van der Waals surface area contributed by atoms with Crippen LogP contribution in [0.15, 0.2) is 213 Å². The Morgan fingerprint density at radius 3 is 1.52 bits per heavy atom. The first kappa shape index (κ1) is 34.7. The second-order valence-electron chi connectivity index (χ2n) is 15.5. The van der Waals surface area contributed by atoms with Crippen molar-refractivity contribution in [1.82, 2.24) is 24.5 Å². The molecule has 3 aromatic heterocycles. The fraction of sp³-hybridized carbons (Fsp3) is 0. The highest BCUT2D eigenvalue weighted by atomic mass is 15.0. The van der Waals surface area contributed by atoms with E-state index in [0.29, 0.717) is 17.5 Å². The lowest BCUT2D eigenvalue weighted by Crippen LogP contribution is -2.00. The predicted molar refractivity (Wildman–Crippen MR) is 252 cm³/mol. The molecular weight excluding hydrogens is 743 g/mol. The number of rotatable bonds is 6. The summed E-state index contributed by atoms with van der Waals surface area (Å²) in [5.74, 6) is 1.86. The SMILES string of the molecule is c1ccc(-c2nc(-c3cccc(-c4cccnc4)c3)nc(-c3cccc(-c4ccc5c(c4)c4ccccc4c4ccc6c(c7ccccc7n6-c6ccccc6)c45)c3)n2)cc1. The molecular formula is C56H35N5. The molecule has 3 heterocycles. The van der Waals surface area contributed by atoms with Gasteiger partial charge >= 0.3 is 0 Å². The van der Waals surface area contributed by atoms with Gasteiger partial charge in [0.2, 0.25) is 0 Å². The molecule has 0 radical (unpaired) electrons. The molecule has 61 heavy (non-hydrogen) atoms. The summed E-state index contributed by atoms with van der Waals surface area (Å²) in [6.07, 6.45) is 3.67. The summed E-state index contributed by atoms with van der Waals surface area (Å²) in [4.78, 5) is 19.6. The molecule has 12 rings (SSSR count). The molecule has 0 N–H and O–H groups in total. The van der Waals surface area contributed by atoms with Crippen molar-refractivity contribution in [3.63, 3.8) is 0 Å². The van der Waals surface area contributed by atoms with Gasteiger partial charge in [-0.05, 0) is 92.2 Å². The Morgan fingerprint density at radius 2 is 0.820 bits per heavy atom. The van der Waals surface area contributed by atoms with Crippen LogP contribution in [0.3, 0.4) is 0 Å². The third-order valence-corrected chi connectivity index (χ3v) is 11.9. The van der Waals surface area contributed by atoms with Crippen molar-refractivity contribution in [3.05, 3.63) is 213 Å². The van der Waals surface area contributed by atoms with Crippen LogP contribution in [0.5, 0.6) is 0 Å². The van der Waals surface area contributed by atoms with Crippen LogP contribution in [0.4, 0.5) is 0 Å². The number of hydrogen-bond acceptors (Lipinski definition) is 4. The summed E-state index contributed by atoms with van der Waals surface area (Å²) >= 11 is 0. The molecule has 5 nitrogen and oxygen atoms in total. The number of benzene rings is 9. The molecule has 0 fully saturated rings. The smallest absolute Gasteiger partial charge is 0.164 e. The topological polar surface area (TPSA) is 56.5 Å². The van der Waals surface area contributed by atoms with Gasteiger partial charge in [0, 0.05) is 56.5 Å². The van der Waals surface area contributed by atoms with Gasteiger partial charge in [0.15, 0.2) is 17.5 Å². The van der Waals surface area contributed by atoms with E-state index < -0.39 is 0 Å². The zero-order chi connectivity index (χ0) is 40.3. The van der Waals surface area contributed by atoms with Gasteiger partial charge in [-0.1, -0.05) is 152 Å². The van der Waals surface area contributed by atoms with Crippen molar-refractivity contribution in [2.24, 2.45) is 0 Å². The largest absolute Gasteiger partial charge is 0.309 e. The van der Waals surface area contributed by atoms with Crippen LogP contribution in [0.25, 0.3) is 116 Å². The second kappa shape index (κ2) is 14.2. The molecule has 9 aromatic carbocycles. The summed E-state index contributed by atoms with van der Waals surface area (Å²) < 4.78 is 2.40. The fourth-order valence-corrected chi connectivity index (χ4v) is 9.10. The lowest BCUT2D eigenvalue weighted by atomic mass is 9.90. The van der Waals surface area contributed by atoms with Crippen LogP contribution in [-0.4, -0.2) is 24.5 Å². The Hall–Kier alpha value is -8.28. The number of hydrogen-bond donors (Lipinski definition) is 0. The van der Waals surface area contributed by atoms with Gasteiger partial charge in [-0.2, -0.15) is 0 Å². The summed E-state index contributed by atoms with van der Waals surface area (Å²) in [6.45, 7) is 0. The van der Waals surface area contributed by atoms with Gasteiger partial charge in [0.1, 0.15) is 0 Å². The van der Waals surface area contributed by atoms with Crippen molar-refractivity contribution >= 4 is 54.1 Å². The Kier molecular flexibility index (Phi) is 8.10. The summed E-state index contributed by atoms with van der Waals surface area (Å²) in [7, 11) is 0. The van der Waals surface area contributed by atoms with E-state index in [-0.39, 0.29) is 0 Å². The lowest BCUT2D eigenvalue weighted by Gasteiger charge is -2.14. The zero-order valence-corrected chi connectivity index (χ0v) is 32.9. The number of fused-ring (bicyclic) bond motifs is 10. The van der Waals surface area contributed by atoms with Crippen molar-refractivity contribution < 1.29 is 0 Å². The van der Waals surface area contributed by atoms with Crippen LogP contribution >= 0.6 is 0 Å². The Labute approximate surface area is 351 Å². The number of nitrogens with zero attached hydrogens (tertiary/aromatic N) is 5. The lowest BCUT2D eigenvalue weighted by molar-refractivity contribution is 1.07. The molecule has 12 aromatic rings. The number of pyridine rings is 1. The van der Waals surface area contributed by atoms with E-state index in [1.807, 2.05) is 48.7 Å². The highest BCUT2D eigenvalue weighted by Crippen LogP contribution is 2.44. The van der Waals surface area contributed by atoms with Crippen molar-refractivity contribution in [2.75, 3.05) is 0 Å². The first-order chi connectivity index (χ1) is 30.2. The van der Waals surface area contributed by atoms with Crippen LogP contribution < -0.4 is 0 Å². The average Bonchev–Trinajstić information content (AvgIpc) is 3.69. The average molecular weight is 778 g/mol. The molecule has 0 bridgehead atoms. The fourth-order valence-electron chi connectivity index (χ4n) is 9.10. The van der Waals surface area contributed by atoms with E-state index in [9.17, 15) is 0 Å². The highest BCUT2D eigenvalue weighted by molar-refractivity contribution is 6.35. The quantitative estimate of drug-likeness (QED) is 0.158. The zero-order valence-electron chi connectivity index (χ0n) is 32.9. The van der Waals surface area contributed by atoms with Gasteiger partial charge in [-0.25, -0.2) is 15.0 Å². The number of para-hydroxylation sites is 2. The minimum absolute atomic E-state index is 0.615. The van der Waals surface area contributed by atoms with E-state index in [4.69, 9.17) is 15.0 Å². The van der Waals surface area contributed by atoms with Crippen LogP contribution in [0.2, 0.25) is 0 Å². The van der Waals surface area contributed by atoms with Crippen LogP contribution in [0, 0.1) is 0 Å². The van der Waals surface area contributed by atoms with E-state index in [1.165, 1.54) is 54.1 Å². The highest BCUT2D eigenvalue weighted by Gasteiger charge is 2.19. The predicted octanol–water partition coefficient (Wildman–Crippen LogP) is 14.2. The minimum Gasteiger partial charge on any atom is -0.309 e. The van der Waals surface area contributed by atoms with Gasteiger partial charge in [0.05, 0.1) is 11.0 Å². The normalized spacial score (nSPS) is 11.6. The molecule has 0 saturated carbocycles. The maximum absolute atomic E-state index is 5.13. The summed E-state index contributed by atoms with van der Waals surface area (Å²) in [5, 5.41) is 9.98. The summed E-state index contributed by atoms with van der Waals surface area (Å²) in [6, 6.07) is 70.9. The van der Waals surface area contributed by atoms with Gasteiger partial charge in [0.25, 0.3) is 0 Å². The minimum atomic E-state index is 0.615. The van der Waals surface area contributed by atoms with Gasteiger partial charge < -0.3 is 4.57 Å². The van der Waals surface area contributed by atoms with Crippen molar-refractivity contribution in [2.45, 2.75) is 0 Å². The maximum atomic E-state index is 5.13. The molecule has 0 aliphatic carbocycles. The standard InChI is InChI=1S/C56H35N5/c1-3-14-36(15-4-1)54-58-55(60-56(59-54)41-19-12-17-38(33-41)42-20-13-31-57-35-42)40-18-11-16-37(32-40)39-27-28-47-49(34-39)45-24-8-7-23-44(45)46-29-30-51-53(52(46)47)48-25-9-10-26-50(48)61(51)43-21-5-2-6-22-43/h1-35H. The Bertz CT molecular complexity index is 3630. The Morgan fingerprint density at radius 1 is 0.295 bits per heavy atom. The summed E-state index contributed by atoms with van der Waals surface area (Å²) in [5.41, 5.74) is 10.6. The third kappa shape index (κ3) is 5.86. The monoisotopic (exact) mass is 777 g/mol. The molecule has 0 spiro atoms. The molecule has 0 saturated heterocycles. The van der Waals surface area contributed by atoms with Gasteiger partial charge in [-0.15, -0.1) is 0 Å². The molecule has 0 atom stereocenters. The van der Waals surface area contributed by atoms with E-state index in [2.05, 4.69) is 167 Å². The first-order valence-electron chi connectivity index (χ1n) is 20.5. The van der Waals surface area contributed by atoms with E-state index >= 15 is 0 Å². The third-order valence-electron chi connectivity index (χ3n) is 11.9. The molecule has 284 valence electrons. The van der Waals surface area contributed by atoms with Crippen LogP contribution in [0.1, 0.15) is 0 Å². The molecule has 0 aliphatic heterocycles. The Balaban J connectivity index is 1.04. The molecule has 5 heteroatoms. The first-order valence-corrected chi connectivity index (χ1v) is 20.5. The van der Waals surface area contributed by atoms with Crippen molar-refractivity contribution in [1.29, 1.82) is 0 Å². The maximum Gasteiger partial charge on any atom is 0.164 e. The number of aromatic nitrogens is 5. The van der Waals surface area contributed by atoms with Crippen LogP contribution in [-0.2, 0) is 0 Å². The van der Waals surface area contributed by atoms with E-state index in [1.54, 1.807) is 6.20 Å². The van der Waals surface area contributed by atoms with E-state index in [0.717, 1.165) is 44.6 Å². The molecule has 0 unspecified atom stereocenters. The second-order valence-corrected chi connectivity index (χ2v) is 15.5.